The summed E-state index contributed by atoms with van der Waals surface area (Å²) in [5, 5.41) is 8.21. The molecule has 122 valence electrons. The summed E-state index contributed by atoms with van der Waals surface area (Å²) in [6.45, 7) is 1.55. The van der Waals surface area contributed by atoms with Gasteiger partial charge < -0.3 is 4.90 Å². The molecule has 23 heavy (non-hydrogen) atoms. The molecule has 3 rings (SSSR count). The minimum atomic E-state index is -4.28. The zero-order valence-corrected chi connectivity index (χ0v) is 14.4. The van der Waals surface area contributed by atoms with Crippen LogP contribution >= 0.6 is 22.6 Å². The second-order valence-electron chi connectivity index (χ2n) is 5.60. The molecular formula is C16H15F3IN3. The monoisotopic (exact) mass is 433 g/mol. The average molecular weight is 433 g/mol. The van der Waals surface area contributed by atoms with Crippen molar-refractivity contribution >= 4 is 28.4 Å². The molecule has 1 aromatic heterocycles. The fourth-order valence-corrected chi connectivity index (χ4v) is 3.18. The Morgan fingerprint density at radius 3 is 2.39 bits per heavy atom. The zero-order chi connectivity index (χ0) is 16.4. The number of hydrogen-bond donors (Lipinski definition) is 0. The Balaban J connectivity index is 1.68. The van der Waals surface area contributed by atoms with Gasteiger partial charge in [-0.2, -0.15) is 13.2 Å². The fraction of sp³-hybridized carbons (Fsp3) is 0.375. The standard InChI is InChI=1S/C16H15F3IN3/c17-16(18,19)13-3-1-2-12(10-13)11-6-8-23(9-7-11)15-5-4-14(20)21-22-15/h1-5,10-11H,6-9H2. The molecule has 0 atom stereocenters. The van der Waals surface area contributed by atoms with Crippen molar-refractivity contribution in [2.45, 2.75) is 24.9 Å². The number of benzene rings is 1. The average Bonchev–Trinajstić information content (AvgIpc) is 2.55. The van der Waals surface area contributed by atoms with Gasteiger partial charge in [0.25, 0.3) is 0 Å². The summed E-state index contributed by atoms with van der Waals surface area (Å²) in [7, 11) is 0. The molecule has 0 unspecified atom stereocenters. The van der Waals surface area contributed by atoms with E-state index >= 15 is 0 Å². The summed E-state index contributed by atoms with van der Waals surface area (Å²) in [5.41, 5.74) is 0.203. The van der Waals surface area contributed by atoms with E-state index in [-0.39, 0.29) is 5.92 Å². The summed E-state index contributed by atoms with van der Waals surface area (Å²) < 4.78 is 39.3. The van der Waals surface area contributed by atoms with Crippen molar-refractivity contribution in [1.29, 1.82) is 0 Å². The Morgan fingerprint density at radius 2 is 1.78 bits per heavy atom. The molecule has 0 saturated carbocycles. The number of nitrogens with zero attached hydrogens (tertiary/aromatic N) is 3. The summed E-state index contributed by atoms with van der Waals surface area (Å²) in [4.78, 5) is 2.13. The third-order valence-corrected chi connectivity index (χ3v) is 4.70. The molecule has 2 aromatic rings. The third kappa shape index (κ3) is 3.94. The molecule has 3 nitrogen and oxygen atoms in total. The SMILES string of the molecule is FC(F)(F)c1cccc(C2CCN(c3ccc(I)nn3)CC2)c1. The van der Waals surface area contributed by atoms with Crippen molar-refractivity contribution in [3.63, 3.8) is 0 Å². The van der Waals surface area contributed by atoms with E-state index in [9.17, 15) is 13.2 Å². The molecule has 2 heterocycles. The van der Waals surface area contributed by atoms with E-state index in [4.69, 9.17) is 0 Å². The molecule has 1 aliphatic heterocycles. The van der Waals surface area contributed by atoms with E-state index in [1.54, 1.807) is 6.07 Å². The Kier molecular flexibility index (Phi) is 4.74. The van der Waals surface area contributed by atoms with Crippen LogP contribution in [0.3, 0.4) is 0 Å². The van der Waals surface area contributed by atoms with Gasteiger partial charge in [0.2, 0.25) is 0 Å². The first kappa shape index (κ1) is 16.5. The van der Waals surface area contributed by atoms with Crippen molar-refractivity contribution in [2.75, 3.05) is 18.0 Å². The summed E-state index contributed by atoms with van der Waals surface area (Å²) >= 11 is 2.10. The highest BCUT2D eigenvalue weighted by atomic mass is 127. The number of aromatic nitrogens is 2. The number of halogens is 4. The highest BCUT2D eigenvalue weighted by Gasteiger charge is 2.31. The molecule has 0 spiro atoms. The lowest BCUT2D eigenvalue weighted by atomic mass is 9.88. The minimum absolute atomic E-state index is 0.158. The topological polar surface area (TPSA) is 29.0 Å². The Bertz CT molecular complexity index is 665. The minimum Gasteiger partial charge on any atom is -0.355 e. The van der Waals surface area contributed by atoms with Crippen LogP contribution in [-0.2, 0) is 6.18 Å². The highest BCUT2D eigenvalue weighted by molar-refractivity contribution is 14.1. The Hall–Kier alpha value is -1.38. The predicted molar refractivity (Wildman–Crippen MR) is 90.4 cm³/mol. The number of anilines is 1. The number of alkyl halides is 3. The van der Waals surface area contributed by atoms with Crippen LogP contribution < -0.4 is 4.90 Å². The van der Waals surface area contributed by atoms with Gasteiger partial charge >= 0.3 is 6.18 Å². The quantitative estimate of drug-likeness (QED) is 0.654. The van der Waals surface area contributed by atoms with E-state index in [2.05, 4.69) is 37.7 Å². The van der Waals surface area contributed by atoms with E-state index in [1.807, 2.05) is 12.1 Å². The molecule has 1 saturated heterocycles. The fourth-order valence-electron chi connectivity index (χ4n) is 2.89. The summed E-state index contributed by atoms with van der Waals surface area (Å²) in [6, 6.07) is 9.53. The number of hydrogen-bond acceptors (Lipinski definition) is 3. The van der Waals surface area contributed by atoms with Gasteiger partial charge in [-0.3, -0.25) is 0 Å². The largest absolute Gasteiger partial charge is 0.416 e. The van der Waals surface area contributed by atoms with Gasteiger partial charge in [-0.15, -0.1) is 10.2 Å². The van der Waals surface area contributed by atoms with Crippen LogP contribution in [0.25, 0.3) is 0 Å². The maximum atomic E-state index is 12.8. The van der Waals surface area contributed by atoms with Crippen LogP contribution in [0.2, 0.25) is 0 Å². The predicted octanol–water partition coefficient (Wildman–Crippen LogP) is 4.48. The van der Waals surface area contributed by atoms with Crippen LogP contribution in [0.1, 0.15) is 29.9 Å². The molecule has 0 amide bonds. The zero-order valence-electron chi connectivity index (χ0n) is 12.2. The van der Waals surface area contributed by atoms with Crippen LogP contribution in [0.4, 0.5) is 19.0 Å². The maximum absolute atomic E-state index is 12.8. The molecule has 0 radical (unpaired) electrons. The van der Waals surface area contributed by atoms with Crippen molar-refractivity contribution in [2.24, 2.45) is 0 Å². The van der Waals surface area contributed by atoms with Gasteiger partial charge in [-0.1, -0.05) is 18.2 Å². The van der Waals surface area contributed by atoms with Gasteiger partial charge in [0, 0.05) is 13.1 Å². The smallest absolute Gasteiger partial charge is 0.355 e. The molecule has 0 aliphatic carbocycles. The van der Waals surface area contributed by atoms with Crippen LogP contribution in [0, 0.1) is 3.70 Å². The molecule has 1 aliphatic rings. The number of piperidine rings is 1. The van der Waals surface area contributed by atoms with Crippen LogP contribution in [0.5, 0.6) is 0 Å². The van der Waals surface area contributed by atoms with Gasteiger partial charge in [-0.05, 0) is 65.1 Å². The van der Waals surface area contributed by atoms with E-state index in [0.717, 1.165) is 47.1 Å². The lowest BCUT2D eigenvalue weighted by molar-refractivity contribution is -0.137. The lowest BCUT2D eigenvalue weighted by Crippen LogP contribution is -2.33. The van der Waals surface area contributed by atoms with Gasteiger partial charge in [0.05, 0.1) is 5.56 Å². The second kappa shape index (κ2) is 6.62. The molecule has 1 fully saturated rings. The first-order valence-corrected chi connectivity index (χ1v) is 8.43. The maximum Gasteiger partial charge on any atom is 0.416 e. The van der Waals surface area contributed by atoms with E-state index in [1.165, 1.54) is 12.1 Å². The lowest BCUT2D eigenvalue weighted by Gasteiger charge is -2.32. The molecule has 7 heteroatoms. The normalized spacial score (nSPS) is 16.6. The third-order valence-electron chi connectivity index (χ3n) is 4.12. The van der Waals surface area contributed by atoms with Crippen molar-refractivity contribution in [3.05, 3.63) is 51.2 Å². The van der Waals surface area contributed by atoms with Gasteiger partial charge in [0.1, 0.15) is 3.70 Å². The molecule has 1 aromatic carbocycles. The Morgan fingerprint density at radius 1 is 1.04 bits per heavy atom. The molecule has 0 N–H and O–H groups in total. The molecule has 0 bridgehead atoms. The van der Waals surface area contributed by atoms with Gasteiger partial charge in [0.15, 0.2) is 5.82 Å². The Labute approximate surface area is 146 Å². The van der Waals surface area contributed by atoms with Crippen molar-refractivity contribution < 1.29 is 13.2 Å². The second-order valence-corrected chi connectivity index (χ2v) is 6.70. The van der Waals surface area contributed by atoms with E-state index < -0.39 is 11.7 Å². The molecular weight excluding hydrogens is 418 g/mol. The van der Waals surface area contributed by atoms with E-state index in [0.29, 0.717) is 0 Å². The summed E-state index contributed by atoms with van der Waals surface area (Å²) in [6.07, 6.45) is -2.66. The van der Waals surface area contributed by atoms with Gasteiger partial charge in [-0.25, -0.2) is 0 Å². The van der Waals surface area contributed by atoms with Crippen molar-refractivity contribution in [1.82, 2.24) is 10.2 Å². The first-order chi connectivity index (χ1) is 10.9. The number of rotatable bonds is 2. The summed E-state index contributed by atoms with van der Waals surface area (Å²) in [5.74, 6) is 0.985. The van der Waals surface area contributed by atoms with Crippen LogP contribution in [-0.4, -0.2) is 23.3 Å². The first-order valence-electron chi connectivity index (χ1n) is 7.35. The van der Waals surface area contributed by atoms with Crippen molar-refractivity contribution in [3.8, 4) is 0 Å². The highest BCUT2D eigenvalue weighted by Crippen LogP contribution is 2.34. The van der Waals surface area contributed by atoms with Crippen LogP contribution in [0.15, 0.2) is 36.4 Å².